The van der Waals surface area contributed by atoms with E-state index < -0.39 is 0 Å². The molecule has 0 radical (unpaired) electrons. The van der Waals surface area contributed by atoms with Gasteiger partial charge in [-0.25, -0.2) is 4.98 Å². The van der Waals surface area contributed by atoms with Crippen LogP contribution in [0, 0.1) is 5.92 Å². The predicted molar refractivity (Wildman–Crippen MR) is 94.9 cm³/mol. The maximum Gasteiger partial charge on any atom is 0.251 e. The second-order valence-corrected chi connectivity index (χ2v) is 6.76. The number of aromatic nitrogens is 2. The van der Waals surface area contributed by atoms with Crippen molar-refractivity contribution in [3.8, 4) is 0 Å². The van der Waals surface area contributed by atoms with Crippen LogP contribution in [0.1, 0.15) is 35.7 Å². The monoisotopic (exact) mass is 326 g/mol. The van der Waals surface area contributed by atoms with Crippen molar-refractivity contribution in [1.82, 2.24) is 19.8 Å². The van der Waals surface area contributed by atoms with E-state index in [1.807, 2.05) is 35.0 Å². The van der Waals surface area contributed by atoms with E-state index >= 15 is 0 Å². The fourth-order valence-corrected chi connectivity index (χ4v) is 3.24. The van der Waals surface area contributed by atoms with Gasteiger partial charge in [-0.05, 0) is 49.5 Å². The number of carbonyl (C=O) groups is 1. The highest BCUT2D eigenvalue weighted by atomic mass is 16.1. The van der Waals surface area contributed by atoms with Crippen molar-refractivity contribution in [1.29, 1.82) is 0 Å². The van der Waals surface area contributed by atoms with Gasteiger partial charge in [0.1, 0.15) is 0 Å². The molecule has 0 bridgehead atoms. The summed E-state index contributed by atoms with van der Waals surface area (Å²) in [5, 5.41) is 3.07. The van der Waals surface area contributed by atoms with Crippen LogP contribution in [0.4, 0.5) is 0 Å². The molecule has 0 spiro atoms. The minimum Gasteiger partial charge on any atom is -0.352 e. The van der Waals surface area contributed by atoms with Crippen LogP contribution >= 0.6 is 0 Å². The molecular formula is C19H26N4O. The predicted octanol–water partition coefficient (Wildman–Crippen LogP) is 2.39. The Morgan fingerprint density at radius 2 is 2.17 bits per heavy atom. The van der Waals surface area contributed by atoms with E-state index in [0.29, 0.717) is 5.92 Å². The Kier molecular flexibility index (Phi) is 5.64. The number of rotatable bonds is 7. The zero-order chi connectivity index (χ0) is 16.8. The largest absolute Gasteiger partial charge is 0.352 e. The van der Waals surface area contributed by atoms with Crippen LogP contribution in [0.2, 0.25) is 0 Å². The Balaban J connectivity index is 1.50. The topological polar surface area (TPSA) is 50.2 Å². The molecule has 2 aromatic rings. The molecule has 1 atom stereocenters. The van der Waals surface area contributed by atoms with Gasteiger partial charge in [0, 0.05) is 37.6 Å². The first-order chi connectivity index (χ1) is 11.7. The van der Waals surface area contributed by atoms with Gasteiger partial charge in [0.15, 0.2) is 0 Å². The summed E-state index contributed by atoms with van der Waals surface area (Å²) < 4.78 is 2.00. The quantitative estimate of drug-likeness (QED) is 0.850. The van der Waals surface area contributed by atoms with Gasteiger partial charge in [-0.15, -0.1) is 0 Å². The molecule has 1 N–H and O–H groups in total. The van der Waals surface area contributed by atoms with Crippen molar-refractivity contribution >= 4 is 5.91 Å². The molecule has 5 heteroatoms. The summed E-state index contributed by atoms with van der Waals surface area (Å²) in [4.78, 5) is 18.9. The van der Waals surface area contributed by atoms with Crippen LogP contribution in [0.25, 0.3) is 0 Å². The average molecular weight is 326 g/mol. The lowest BCUT2D eigenvalue weighted by Crippen LogP contribution is -2.34. The zero-order valence-electron chi connectivity index (χ0n) is 14.3. The highest BCUT2D eigenvalue weighted by Crippen LogP contribution is 2.11. The molecule has 0 unspecified atom stereocenters. The molecule has 1 fully saturated rings. The van der Waals surface area contributed by atoms with E-state index in [0.717, 1.165) is 30.8 Å². The van der Waals surface area contributed by atoms with Gasteiger partial charge in [0.25, 0.3) is 5.91 Å². The molecule has 0 saturated carbocycles. The van der Waals surface area contributed by atoms with E-state index in [-0.39, 0.29) is 5.91 Å². The van der Waals surface area contributed by atoms with Crippen molar-refractivity contribution in [3.63, 3.8) is 0 Å². The van der Waals surface area contributed by atoms with E-state index in [4.69, 9.17) is 0 Å². The van der Waals surface area contributed by atoms with Crippen LogP contribution < -0.4 is 5.32 Å². The van der Waals surface area contributed by atoms with E-state index in [1.54, 1.807) is 12.5 Å². The fraction of sp³-hybridized carbons (Fsp3) is 0.474. The van der Waals surface area contributed by atoms with Crippen LogP contribution in [0.15, 0.2) is 43.0 Å². The molecule has 1 saturated heterocycles. The Morgan fingerprint density at radius 1 is 1.33 bits per heavy atom. The second kappa shape index (κ2) is 8.11. The second-order valence-electron chi connectivity index (χ2n) is 6.76. The van der Waals surface area contributed by atoms with Gasteiger partial charge in [-0.3, -0.25) is 4.79 Å². The van der Waals surface area contributed by atoms with E-state index in [2.05, 4.69) is 22.1 Å². The number of imidazole rings is 1. The third-order valence-corrected chi connectivity index (χ3v) is 4.49. The molecular weight excluding hydrogens is 300 g/mol. The Hall–Kier alpha value is -2.14. The molecule has 2 heterocycles. The Morgan fingerprint density at radius 3 is 2.92 bits per heavy atom. The van der Waals surface area contributed by atoms with Gasteiger partial charge in [0.2, 0.25) is 0 Å². The number of amides is 1. The molecule has 0 aliphatic carbocycles. The average Bonchev–Trinajstić information content (AvgIpc) is 3.27. The number of nitrogens with zero attached hydrogens (tertiary/aromatic N) is 3. The van der Waals surface area contributed by atoms with Crippen molar-refractivity contribution < 1.29 is 4.79 Å². The normalized spacial score (nSPS) is 16.2. The number of likely N-dealkylation sites (tertiary alicyclic amines) is 1. The number of nitrogens with one attached hydrogen (secondary N) is 1. The number of hydrogen-bond acceptors (Lipinski definition) is 3. The van der Waals surface area contributed by atoms with Crippen molar-refractivity contribution in [2.75, 3.05) is 26.2 Å². The number of hydrogen-bond donors (Lipinski definition) is 1. The summed E-state index contributed by atoms with van der Waals surface area (Å²) in [5.41, 5.74) is 1.83. The van der Waals surface area contributed by atoms with Crippen LogP contribution in [-0.4, -0.2) is 46.5 Å². The first kappa shape index (κ1) is 16.7. The van der Waals surface area contributed by atoms with Gasteiger partial charge in [0.05, 0.1) is 6.33 Å². The molecule has 1 aliphatic rings. The molecule has 1 aromatic heterocycles. The minimum atomic E-state index is 0.00996. The van der Waals surface area contributed by atoms with Gasteiger partial charge >= 0.3 is 0 Å². The summed E-state index contributed by atoms with van der Waals surface area (Å²) in [7, 11) is 0. The van der Waals surface area contributed by atoms with Gasteiger partial charge in [-0.2, -0.15) is 0 Å². The third kappa shape index (κ3) is 4.68. The standard InChI is InChI=1S/C19H26N4O/c1-16(13-22-8-2-3-9-22)12-21-19(24)18-6-4-5-17(11-18)14-23-10-7-20-15-23/h4-7,10-11,15-16H,2-3,8-9,12-14H2,1H3,(H,21,24)/t16-/m1/s1. The van der Waals surface area contributed by atoms with Crippen LogP contribution in [0.5, 0.6) is 0 Å². The smallest absolute Gasteiger partial charge is 0.251 e. The molecule has 1 aliphatic heterocycles. The van der Waals surface area contributed by atoms with Crippen LogP contribution in [-0.2, 0) is 6.54 Å². The molecule has 1 amide bonds. The third-order valence-electron chi connectivity index (χ3n) is 4.49. The Bertz CT molecular complexity index is 647. The van der Waals surface area contributed by atoms with Gasteiger partial charge < -0.3 is 14.8 Å². The van der Waals surface area contributed by atoms with Crippen molar-refractivity contribution in [2.24, 2.45) is 5.92 Å². The summed E-state index contributed by atoms with van der Waals surface area (Å²) in [6, 6.07) is 7.81. The SMILES string of the molecule is C[C@H](CNC(=O)c1cccc(Cn2ccnc2)c1)CN1CCCC1. The summed E-state index contributed by atoms with van der Waals surface area (Å²) >= 11 is 0. The first-order valence-corrected chi connectivity index (χ1v) is 8.76. The van der Waals surface area contributed by atoms with Crippen LogP contribution in [0.3, 0.4) is 0 Å². The maximum absolute atomic E-state index is 12.4. The molecule has 3 rings (SSSR count). The number of carbonyl (C=O) groups excluding carboxylic acids is 1. The van der Waals surface area contributed by atoms with Crippen molar-refractivity contribution in [3.05, 3.63) is 54.1 Å². The van der Waals surface area contributed by atoms with E-state index in [9.17, 15) is 4.79 Å². The minimum absolute atomic E-state index is 0.00996. The fourth-order valence-electron chi connectivity index (χ4n) is 3.24. The maximum atomic E-state index is 12.4. The number of benzene rings is 1. The highest BCUT2D eigenvalue weighted by molar-refractivity contribution is 5.94. The lowest BCUT2D eigenvalue weighted by molar-refractivity contribution is 0.0945. The lowest BCUT2D eigenvalue weighted by Gasteiger charge is -2.20. The molecule has 24 heavy (non-hydrogen) atoms. The molecule has 5 nitrogen and oxygen atoms in total. The van der Waals surface area contributed by atoms with E-state index in [1.165, 1.54) is 25.9 Å². The summed E-state index contributed by atoms with van der Waals surface area (Å²) in [6.45, 7) is 7.13. The summed E-state index contributed by atoms with van der Waals surface area (Å²) in [5.74, 6) is 0.483. The zero-order valence-corrected chi connectivity index (χ0v) is 14.3. The first-order valence-electron chi connectivity index (χ1n) is 8.76. The van der Waals surface area contributed by atoms with Crippen molar-refractivity contribution in [2.45, 2.75) is 26.3 Å². The Labute approximate surface area is 143 Å². The summed E-state index contributed by atoms with van der Waals surface area (Å²) in [6.07, 6.45) is 8.09. The molecule has 1 aromatic carbocycles. The lowest BCUT2D eigenvalue weighted by atomic mass is 10.1. The highest BCUT2D eigenvalue weighted by Gasteiger charge is 2.15. The van der Waals surface area contributed by atoms with Gasteiger partial charge in [-0.1, -0.05) is 19.1 Å². The molecule has 128 valence electrons.